The fourth-order valence-electron chi connectivity index (χ4n) is 3.02. The van der Waals surface area contributed by atoms with Gasteiger partial charge in [-0.1, -0.05) is 6.07 Å². The number of fused-ring (bicyclic) bond motifs is 1. The number of methoxy groups -OCH3 is 1. The quantitative estimate of drug-likeness (QED) is 0.812. The molecule has 0 atom stereocenters. The number of carbonyl (C=O) groups excluding carboxylic acids is 1. The minimum Gasteiger partial charge on any atom is -0.493 e. The molecule has 7 heteroatoms. The largest absolute Gasteiger partial charge is 0.493 e. The van der Waals surface area contributed by atoms with Gasteiger partial charge >= 0.3 is 0 Å². The number of nitrogens with zero attached hydrogens (tertiary/aromatic N) is 3. The molecule has 3 rings (SSSR count). The van der Waals surface area contributed by atoms with Gasteiger partial charge in [-0.3, -0.25) is 14.2 Å². The Kier molecular flexibility index (Phi) is 5.25. The van der Waals surface area contributed by atoms with E-state index >= 15 is 0 Å². The molecular weight excluding hydrogens is 334 g/mol. The first-order chi connectivity index (χ1) is 12.5. The summed E-state index contributed by atoms with van der Waals surface area (Å²) in [6.07, 6.45) is 2.06. The van der Waals surface area contributed by atoms with Crippen molar-refractivity contribution in [1.82, 2.24) is 14.5 Å². The lowest BCUT2D eigenvalue weighted by atomic mass is 10.1. The van der Waals surface area contributed by atoms with E-state index in [1.165, 1.54) is 0 Å². The van der Waals surface area contributed by atoms with Crippen LogP contribution in [0.25, 0.3) is 0 Å². The van der Waals surface area contributed by atoms with Crippen LogP contribution >= 0.6 is 0 Å². The van der Waals surface area contributed by atoms with E-state index in [4.69, 9.17) is 9.47 Å². The highest BCUT2D eigenvalue weighted by atomic mass is 16.5. The van der Waals surface area contributed by atoms with Crippen molar-refractivity contribution in [2.45, 2.75) is 33.4 Å². The van der Waals surface area contributed by atoms with Gasteiger partial charge in [0.2, 0.25) is 0 Å². The summed E-state index contributed by atoms with van der Waals surface area (Å²) in [5.41, 5.74) is 2.42. The summed E-state index contributed by atoms with van der Waals surface area (Å²) in [6, 6.07) is 5.56. The lowest BCUT2D eigenvalue weighted by Crippen LogP contribution is -2.42. The van der Waals surface area contributed by atoms with Crippen molar-refractivity contribution in [3.05, 3.63) is 51.7 Å². The van der Waals surface area contributed by atoms with Crippen molar-refractivity contribution >= 4 is 5.91 Å². The zero-order valence-electron chi connectivity index (χ0n) is 15.3. The molecule has 0 aliphatic carbocycles. The highest BCUT2D eigenvalue weighted by Gasteiger charge is 2.24. The number of aromatic nitrogens is 2. The van der Waals surface area contributed by atoms with Crippen LogP contribution in [0.1, 0.15) is 23.7 Å². The Morgan fingerprint density at radius 1 is 1.31 bits per heavy atom. The maximum atomic E-state index is 12.5. The molecule has 26 heavy (non-hydrogen) atoms. The van der Waals surface area contributed by atoms with E-state index in [0.717, 1.165) is 5.56 Å². The highest BCUT2D eigenvalue weighted by Crippen LogP contribution is 2.27. The number of rotatable bonds is 5. The first-order valence-corrected chi connectivity index (χ1v) is 8.66. The second kappa shape index (κ2) is 7.59. The Morgan fingerprint density at radius 2 is 2.12 bits per heavy atom. The molecule has 0 fully saturated rings. The first-order valence-electron chi connectivity index (χ1n) is 8.66. The molecule has 0 N–H and O–H groups in total. The van der Waals surface area contributed by atoms with Crippen LogP contribution in [0.3, 0.4) is 0 Å². The Labute approximate surface area is 152 Å². The highest BCUT2D eigenvalue weighted by molar-refractivity contribution is 5.78. The topological polar surface area (TPSA) is 73.7 Å². The predicted octanol–water partition coefficient (Wildman–Crippen LogP) is 1.54. The Balaban J connectivity index is 1.67. The van der Waals surface area contributed by atoms with Gasteiger partial charge in [-0.25, -0.2) is 4.98 Å². The second-order valence-corrected chi connectivity index (χ2v) is 6.27. The average molecular weight is 357 g/mol. The van der Waals surface area contributed by atoms with Crippen LogP contribution in [0.5, 0.6) is 11.5 Å². The smallest absolute Gasteiger partial charge is 0.260 e. The van der Waals surface area contributed by atoms with Crippen LogP contribution in [0.2, 0.25) is 0 Å². The van der Waals surface area contributed by atoms with Crippen molar-refractivity contribution in [2.24, 2.45) is 0 Å². The van der Waals surface area contributed by atoms with Gasteiger partial charge in [0.1, 0.15) is 0 Å². The molecule has 1 amide bonds. The molecule has 1 aliphatic heterocycles. The molecule has 2 heterocycles. The maximum Gasteiger partial charge on any atom is 0.260 e. The van der Waals surface area contributed by atoms with E-state index in [1.807, 2.05) is 26.0 Å². The SMILES string of the molecule is CCn1cnc2c(c1=O)CCN(C(=O)COc1ccc(C)cc1OC)C2. The molecule has 1 aromatic carbocycles. The minimum absolute atomic E-state index is 0.00904. The molecule has 0 radical (unpaired) electrons. The zero-order chi connectivity index (χ0) is 18.7. The summed E-state index contributed by atoms with van der Waals surface area (Å²) >= 11 is 0. The zero-order valence-corrected chi connectivity index (χ0v) is 15.3. The van der Waals surface area contributed by atoms with E-state index in [1.54, 1.807) is 29.0 Å². The van der Waals surface area contributed by atoms with Gasteiger partial charge in [0.25, 0.3) is 11.5 Å². The number of hydrogen-bond acceptors (Lipinski definition) is 5. The number of hydrogen-bond donors (Lipinski definition) is 0. The fourth-order valence-corrected chi connectivity index (χ4v) is 3.02. The fraction of sp³-hybridized carbons (Fsp3) is 0.421. The van der Waals surface area contributed by atoms with Gasteiger partial charge in [0.15, 0.2) is 18.1 Å². The van der Waals surface area contributed by atoms with Crippen molar-refractivity contribution in [2.75, 3.05) is 20.3 Å². The molecule has 0 unspecified atom stereocenters. The second-order valence-electron chi connectivity index (χ2n) is 6.27. The number of ether oxygens (including phenoxy) is 2. The van der Waals surface area contributed by atoms with Crippen LogP contribution in [0, 0.1) is 6.92 Å². The summed E-state index contributed by atoms with van der Waals surface area (Å²) in [6.45, 7) is 5.20. The van der Waals surface area contributed by atoms with Crippen molar-refractivity contribution in [1.29, 1.82) is 0 Å². The van der Waals surface area contributed by atoms with Crippen molar-refractivity contribution in [3.8, 4) is 11.5 Å². The van der Waals surface area contributed by atoms with Crippen LogP contribution in [-0.4, -0.2) is 40.6 Å². The van der Waals surface area contributed by atoms with Gasteiger partial charge in [0.05, 0.1) is 25.7 Å². The Hall–Kier alpha value is -2.83. The standard InChI is InChI=1S/C19H23N3O4/c1-4-21-12-20-15-10-22(8-7-14(15)19(21)24)18(23)11-26-16-6-5-13(2)9-17(16)25-3/h5-6,9,12H,4,7-8,10-11H2,1-3H3. The Morgan fingerprint density at radius 3 is 2.85 bits per heavy atom. The van der Waals surface area contributed by atoms with Gasteiger partial charge in [0, 0.05) is 18.7 Å². The van der Waals surface area contributed by atoms with Crippen LogP contribution in [0.4, 0.5) is 0 Å². The first kappa shape index (κ1) is 18.0. The molecule has 138 valence electrons. The summed E-state index contributed by atoms with van der Waals surface area (Å²) in [4.78, 5) is 30.8. The Bertz CT molecular complexity index is 876. The van der Waals surface area contributed by atoms with E-state index in [2.05, 4.69) is 4.98 Å². The summed E-state index contributed by atoms with van der Waals surface area (Å²) < 4.78 is 12.5. The lowest BCUT2D eigenvalue weighted by Gasteiger charge is -2.28. The van der Waals surface area contributed by atoms with E-state index in [9.17, 15) is 9.59 Å². The summed E-state index contributed by atoms with van der Waals surface area (Å²) in [7, 11) is 1.57. The molecular formula is C19H23N3O4. The van der Waals surface area contributed by atoms with Gasteiger partial charge in [-0.15, -0.1) is 0 Å². The van der Waals surface area contributed by atoms with Gasteiger partial charge in [-0.05, 0) is 38.0 Å². The lowest BCUT2D eigenvalue weighted by molar-refractivity contribution is -0.134. The van der Waals surface area contributed by atoms with Gasteiger partial charge in [-0.2, -0.15) is 0 Å². The third-order valence-electron chi connectivity index (χ3n) is 4.56. The molecule has 0 bridgehead atoms. The van der Waals surface area contributed by atoms with E-state index < -0.39 is 0 Å². The van der Waals surface area contributed by atoms with Crippen LogP contribution < -0.4 is 15.0 Å². The number of carbonyl (C=O) groups is 1. The van der Waals surface area contributed by atoms with Crippen LogP contribution in [0.15, 0.2) is 29.3 Å². The van der Waals surface area contributed by atoms with E-state index in [0.29, 0.717) is 48.8 Å². The van der Waals surface area contributed by atoms with Gasteiger partial charge < -0.3 is 14.4 Å². The molecule has 0 saturated carbocycles. The molecule has 7 nitrogen and oxygen atoms in total. The minimum atomic E-state index is -0.139. The molecule has 1 aliphatic rings. The number of amides is 1. The average Bonchev–Trinajstić information content (AvgIpc) is 2.66. The van der Waals surface area contributed by atoms with Crippen molar-refractivity contribution < 1.29 is 14.3 Å². The predicted molar refractivity (Wildman–Crippen MR) is 96.5 cm³/mol. The molecule has 0 saturated heterocycles. The third-order valence-corrected chi connectivity index (χ3v) is 4.56. The normalized spacial score (nSPS) is 13.3. The summed E-state index contributed by atoms with van der Waals surface area (Å²) in [5.74, 6) is 0.996. The monoisotopic (exact) mass is 357 g/mol. The number of benzene rings is 1. The summed E-state index contributed by atoms with van der Waals surface area (Å²) in [5, 5.41) is 0. The molecule has 1 aromatic heterocycles. The number of aryl methyl sites for hydroxylation is 2. The van der Waals surface area contributed by atoms with Crippen molar-refractivity contribution in [3.63, 3.8) is 0 Å². The van der Waals surface area contributed by atoms with Crippen LogP contribution in [-0.2, 0) is 24.3 Å². The van der Waals surface area contributed by atoms with E-state index in [-0.39, 0.29) is 18.1 Å². The maximum absolute atomic E-state index is 12.5. The third kappa shape index (κ3) is 3.56. The molecule has 2 aromatic rings. The molecule has 0 spiro atoms.